The van der Waals surface area contributed by atoms with Gasteiger partial charge in [0.2, 0.25) is 0 Å². The van der Waals surface area contributed by atoms with Crippen molar-refractivity contribution in [3.63, 3.8) is 0 Å². The number of nitriles is 1. The van der Waals surface area contributed by atoms with Crippen molar-refractivity contribution in [3.8, 4) is 6.07 Å². The lowest BCUT2D eigenvalue weighted by molar-refractivity contribution is -0.132. The van der Waals surface area contributed by atoms with E-state index in [0.29, 0.717) is 42.9 Å². The quantitative estimate of drug-likeness (QED) is 0.281. The van der Waals surface area contributed by atoms with Gasteiger partial charge in [0.15, 0.2) is 5.78 Å². The van der Waals surface area contributed by atoms with Crippen molar-refractivity contribution in [1.82, 2.24) is 25.1 Å². The molecule has 2 aromatic heterocycles. The van der Waals surface area contributed by atoms with Crippen molar-refractivity contribution >= 4 is 17.8 Å². The van der Waals surface area contributed by atoms with Crippen molar-refractivity contribution in [2.45, 2.75) is 63.1 Å². The van der Waals surface area contributed by atoms with Gasteiger partial charge in [-0.15, -0.1) is 0 Å². The van der Waals surface area contributed by atoms with E-state index in [4.69, 9.17) is 4.74 Å². The summed E-state index contributed by atoms with van der Waals surface area (Å²) < 4.78 is 5.34. The zero-order valence-electron chi connectivity index (χ0n) is 25.3. The second kappa shape index (κ2) is 12.9. The number of carbonyl (C=O) groups is 3. The number of allylic oxidation sites excluding steroid dienone is 1. The van der Waals surface area contributed by atoms with Gasteiger partial charge >= 0.3 is 6.09 Å². The Labute approximate surface area is 262 Å². The highest BCUT2D eigenvalue weighted by atomic mass is 16.6. The van der Waals surface area contributed by atoms with Crippen LogP contribution in [0.3, 0.4) is 0 Å². The molecule has 45 heavy (non-hydrogen) atoms. The van der Waals surface area contributed by atoms with Gasteiger partial charge in [0.25, 0.3) is 5.91 Å². The van der Waals surface area contributed by atoms with Crippen LogP contribution in [-0.4, -0.2) is 68.3 Å². The monoisotopic (exact) mass is 604 g/mol. The van der Waals surface area contributed by atoms with Crippen LogP contribution in [0.2, 0.25) is 0 Å². The SMILES string of the molecule is CCOC(=O)N1C2CCC1CC(CN1C(=O)C(Cc3ccncc3)(Cc3ccncc3)NC1=CC(=O)c1ccc(C#N)cc1)C2. The molecule has 3 aliphatic rings. The molecule has 0 radical (unpaired) electrons. The Bertz CT molecular complexity index is 1560. The number of amides is 2. The summed E-state index contributed by atoms with van der Waals surface area (Å²) in [4.78, 5) is 52.9. The summed E-state index contributed by atoms with van der Waals surface area (Å²) in [5, 5.41) is 12.7. The average molecular weight is 605 g/mol. The molecule has 2 bridgehead atoms. The molecule has 5 heterocycles. The van der Waals surface area contributed by atoms with Gasteiger partial charge in [0.1, 0.15) is 11.4 Å². The van der Waals surface area contributed by atoms with E-state index in [2.05, 4.69) is 21.4 Å². The van der Waals surface area contributed by atoms with Crippen LogP contribution < -0.4 is 5.32 Å². The minimum Gasteiger partial charge on any atom is -0.450 e. The number of nitrogens with one attached hydrogen (secondary N) is 1. The van der Waals surface area contributed by atoms with Crippen molar-refractivity contribution in [1.29, 1.82) is 5.26 Å². The predicted molar refractivity (Wildman–Crippen MR) is 165 cm³/mol. The minimum absolute atomic E-state index is 0.0737. The Morgan fingerprint density at radius 2 is 1.56 bits per heavy atom. The van der Waals surface area contributed by atoms with Gasteiger partial charge < -0.3 is 15.0 Å². The van der Waals surface area contributed by atoms with Gasteiger partial charge in [-0.3, -0.25) is 24.5 Å². The number of carbonyl (C=O) groups excluding carboxylic acids is 3. The van der Waals surface area contributed by atoms with E-state index in [1.54, 1.807) is 54.0 Å². The molecule has 2 unspecified atom stereocenters. The third-order valence-electron chi connectivity index (χ3n) is 9.14. The van der Waals surface area contributed by atoms with E-state index < -0.39 is 5.54 Å². The van der Waals surface area contributed by atoms with E-state index in [1.165, 1.54) is 6.08 Å². The maximum Gasteiger partial charge on any atom is 0.410 e. The summed E-state index contributed by atoms with van der Waals surface area (Å²) in [5.74, 6) is 0.235. The Morgan fingerprint density at radius 1 is 0.978 bits per heavy atom. The fourth-order valence-corrected chi connectivity index (χ4v) is 7.14. The van der Waals surface area contributed by atoms with E-state index in [9.17, 15) is 19.6 Å². The van der Waals surface area contributed by atoms with Gasteiger partial charge in [-0.1, -0.05) is 0 Å². The summed E-state index contributed by atoms with van der Waals surface area (Å²) in [6.07, 6.45) is 12.2. The molecule has 2 atom stereocenters. The lowest BCUT2D eigenvalue weighted by atomic mass is 9.84. The van der Waals surface area contributed by atoms with Crippen LogP contribution in [0.25, 0.3) is 0 Å². The van der Waals surface area contributed by atoms with Crippen LogP contribution in [0, 0.1) is 17.2 Å². The van der Waals surface area contributed by atoms with Crippen LogP contribution in [-0.2, 0) is 22.4 Å². The third-order valence-corrected chi connectivity index (χ3v) is 9.14. The van der Waals surface area contributed by atoms with Gasteiger partial charge in [0, 0.05) is 67.9 Å². The molecular formula is C35H36N6O4. The minimum atomic E-state index is -1.05. The number of aromatic nitrogens is 2. The molecular weight excluding hydrogens is 568 g/mol. The first-order valence-electron chi connectivity index (χ1n) is 15.5. The highest BCUT2D eigenvalue weighted by Crippen LogP contribution is 2.41. The smallest absolute Gasteiger partial charge is 0.410 e. The summed E-state index contributed by atoms with van der Waals surface area (Å²) in [7, 11) is 0. The molecule has 2 amide bonds. The van der Waals surface area contributed by atoms with Gasteiger partial charge in [-0.05, 0) is 98.2 Å². The Balaban J connectivity index is 1.34. The fraction of sp³-hybridized carbons (Fsp3) is 0.371. The van der Waals surface area contributed by atoms with E-state index >= 15 is 0 Å². The van der Waals surface area contributed by atoms with Gasteiger partial charge in [-0.2, -0.15) is 5.26 Å². The van der Waals surface area contributed by atoms with Crippen molar-refractivity contribution in [3.05, 3.63) is 107 Å². The Morgan fingerprint density at radius 3 is 2.09 bits per heavy atom. The molecule has 3 fully saturated rings. The number of benzene rings is 1. The second-order valence-corrected chi connectivity index (χ2v) is 12.1. The zero-order valence-corrected chi connectivity index (χ0v) is 25.3. The Kier molecular flexibility index (Phi) is 8.60. The molecule has 0 spiro atoms. The van der Waals surface area contributed by atoms with Crippen molar-refractivity contribution in [2.24, 2.45) is 5.92 Å². The molecule has 3 saturated heterocycles. The largest absolute Gasteiger partial charge is 0.450 e. The summed E-state index contributed by atoms with van der Waals surface area (Å²) >= 11 is 0. The topological polar surface area (TPSA) is 129 Å². The average Bonchev–Trinajstić information content (AvgIpc) is 3.46. The number of nitrogens with zero attached hydrogens (tertiary/aromatic N) is 5. The number of pyridine rings is 2. The number of fused-ring (bicyclic) bond motifs is 2. The molecule has 0 aliphatic carbocycles. The molecule has 230 valence electrons. The van der Waals surface area contributed by atoms with E-state index in [1.807, 2.05) is 36.1 Å². The fourth-order valence-electron chi connectivity index (χ4n) is 7.14. The number of piperidine rings is 1. The van der Waals surface area contributed by atoms with Crippen LogP contribution in [0.15, 0.2) is 85.2 Å². The molecule has 10 nitrogen and oxygen atoms in total. The third kappa shape index (κ3) is 6.29. The molecule has 10 heteroatoms. The predicted octanol–water partition coefficient (Wildman–Crippen LogP) is 4.43. The molecule has 6 rings (SSSR count). The van der Waals surface area contributed by atoms with E-state index in [-0.39, 0.29) is 35.8 Å². The van der Waals surface area contributed by atoms with Crippen molar-refractivity contribution in [2.75, 3.05) is 13.2 Å². The molecule has 3 aromatic rings. The number of hydrogen-bond donors (Lipinski definition) is 1. The van der Waals surface area contributed by atoms with Crippen LogP contribution >= 0.6 is 0 Å². The first-order chi connectivity index (χ1) is 21.9. The maximum absolute atomic E-state index is 14.7. The maximum atomic E-state index is 14.7. The number of ketones is 1. The first kappa shape index (κ1) is 30.0. The Hall–Kier alpha value is -5.04. The molecule has 1 N–H and O–H groups in total. The number of hydrogen-bond acceptors (Lipinski definition) is 8. The normalized spacial score (nSPS) is 22.6. The standard InChI is InChI=1S/C35H36N6O4/c1-2-45-34(44)41-29-7-8-30(41)18-27(17-29)23-40-32(19-31(42)28-5-3-26(22-36)4-6-28)39-35(33(40)43,20-24-9-13-37-14-10-24)21-25-11-15-38-16-12-25/h3-6,9-16,19,27,29-30,39H,2,7-8,17-18,20-21,23H2,1H3. The van der Waals surface area contributed by atoms with Gasteiger partial charge in [-0.25, -0.2) is 4.79 Å². The highest BCUT2D eigenvalue weighted by molar-refractivity contribution is 6.06. The van der Waals surface area contributed by atoms with Crippen LogP contribution in [0.4, 0.5) is 4.79 Å². The number of rotatable bonds is 9. The first-order valence-corrected chi connectivity index (χ1v) is 15.5. The molecule has 0 saturated carbocycles. The van der Waals surface area contributed by atoms with Crippen LogP contribution in [0.5, 0.6) is 0 Å². The lowest BCUT2D eigenvalue weighted by Gasteiger charge is -2.39. The van der Waals surface area contributed by atoms with E-state index in [0.717, 1.165) is 36.8 Å². The zero-order chi connectivity index (χ0) is 31.4. The molecule has 3 aliphatic heterocycles. The summed E-state index contributed by atoms with van der Waals surface area (Å²) in [6, 6.07) is 16.3. The second-order valence-electron chi connectivity index (χ2n) is 12.1. The van der Waals surface area contributed by atoms with Crippen LogP contribution in [0.1, 0.15) is 59.7 Å². The summed E-state index contributed by atoms with van der Waals surface area (Å²) in [6.45, 7) is 2.58. The lowest BCUT2D eigenvalue weighted by Crippen LogP contribution is -2.52. The van der Waals surface area contributed by atoms with Crippen molar-refractivity contribution < 1.29 is 19.1 Å². The number of ether oxygens (including phenoxy) is 1. The highest BCUT2D eigenvalue weighted by Gasteiger charge is 2.51. The van der Waals surface area contributed by atoms with Gasteiger partial charge in [0.05, 0.1) is 18.2 Å². The molecule has 1 aromatic carbocycles. The summed E-state index contributed by atoms with van der Waals surface area (Å²) in [5.41, 5.74) is 1.73.